The zero-order valence-electron chi connectivity index (χ0n) is 25.4. The van der Waals surface area contributed by atoms with Gasteiger partial charge in [-0.05, 0) is 70.1 Å². The van der Waals surface area contributed by atoms with E-state index in [0.717, 1.165) is 11.8 Å². The van der Waals surface area contributed by atoms with Crippen LogP contribution >= 0.6 is 11.6 Å². The predicted molar refractivity (Wildman–Crippen MR) is 157 cm³/mol. The van der Waals surface area contributed by atoms with Crippen LogP contribution in [-0.2, 0) is 20.0 Å². The van der Waals surface area contributed by atoms with Crippen molar-refractivity contribution in [2.24, 2.45) is 17.3 Å². The molecule has 1 aromatic rings. The fourth-order valence-corrected chi connectivity index (χ4v) is 7.04. The van der Waals surface area contributed by atoms with Gasteiger partial charge in [-0.2, -0.15) is 0 Å². The average Bonchev–Trinajstić information content (AvgIpc) is 3.27. The summed E-state index contributed by atoms with van der Waals surface area (Å²) in [6.45, 7) is 13.6. The summed E-state index contributed by atoms with van der Waals surface area (Å²) in [6.07, 6.45) is 0.965. The summed E-state index contributed by atoms with van der Waals surface area (Å²) in [7, 11) is 0. The van der Waals surface area contributed by atoms with Crippen LogP contribution in [0.15, 0.2) is 24.3 Å². The second-order valence-electron chi connectivity index (χ2n) is 13.8. The van der Waals surface area contributed by atoms with Crippen molar-refractivity contribution in [3.8, 4) is 0 Å². The van der Waals surface area contributed by atoms with E-state index in [1.807, 2.05) is 39.8 Å². The third kappa shape index (κ3) is 6.56. The zero-order chi connectivity index (χ0) is 31.0. The Bertz CT molecular complexity index is 1150. The van der Waals surface area contributed by atoms with Gasteiger partial charge in [0.25, 0.3) is 0 Å². The molecule has 1 aromatic carbocycles. The van der Waals surface area contributed by atoms with Crippen LogP contribution in [0.2, 0.25) is 5.02 Å². The number of benzene rings is 1. The second kappa shape index (κ2) is 11.9. The van der Waals surface area contributed by atoms with E-state index in [1.54, 1.807) is 37.8 Å². The number of aliphatic hydroxyl groups is 1. The molecule has 1 aliphatic heterocycles. The lowest BCUT2D eigenvalue weighted by atomic mass is 9.66. The van der Waals surface area contributed by atoms with Crippen molar-refractivity contribution in [1.82, 2.24) is 15.1 Å². The van der Waals surface area contributed by atoms with E-state index in [1.165, 1.54) is 4.90 Å². The maximum absolute atomic E-state index is 13.8. The molecule has 3 rings (SSSR count). The highest BCUT2D eigenvalue weighted by molar-refractivity contribution is 6.30. The Hall–Kier alpha value is -2.65. The van der Waals surface area contributed by atoms with Gasteiger partial charge in [-0.15, -0.1) is 0 Å². The average molecular weight is 592 g/mol. The van der Waals surface area contributed by atoms with Gasteiger partial charge >= 0.3 is 6.09 Å². The Morgan fingerprint density at radius 3 is 2.27 bits per heavy atom. The smallest absolute Gasteiger partial charge is 0.408 e. The first-order valence-electron chi connectivity index (χ1n) is 14.4. The lowest BCUT2D eigenvalue weighted by Gasteiger charge is -2.51. The van der Waals surface area contributed by atoms with Gasteiger partial charge in [0.2, 0.25) is 11.8 Å². The van der Waals surface area contributed by atoms with Gasteiger partial charge < -0.3 is 25.2 Å². The lowest BCUT2D eigenvalue weighted by Crippen LogP contribution is -2.61. The molecule has 2 fully saturated rings. The third-order valence-electron chi connectivity index (χ3n) is 9.07. The van der Waals surface area contributed by atoms with Gasteiger partial charge in [-0.3, -0.25) is 14.5 Å². The topological polar surface area (TPSA) is 127 Å². The van der Waals surface area contributed by atoms with Crippen LogP contribution in [0.25, 0.3) is 0 Å². The summed E-state index contributed by atoms with van der Waals surface area (Å²) >= 11 is 6.05. The van der Waals surface area contributed by atoms with Crippen molar-refractivity contribution in [1.29, 1.82) is 0 Å². The van der Waals surface area contributed by atoms with Gasteiger partial charge in [0.1, 0.15) is 12.3 Å². The first-order valence-corrected chi connectivity index (χ1v) is 14.8. The lowest BCUT2D eigenvalue weighted by molar-refractivity contribution is -0.157. The first-order chi connectivity index (χ1) is 18.9. The van der Waals surface area contributed by atoms with E-state index in [4.69, 9.17) is 11.6 Å². The van der Waals surface area contributed by atoms with Gasteiger partial charge in [0.15, 0.2) is 0 Å². The minimum atomic E-state index is -1.15. The number of piperidine rings is 1. The van der Waals surface area contributed by atoms with E-state index < -0.39 is 40.1 Å². The molecular formula is C31H46ClN3O6. The van der Waals surface area contributed by atoms with Crippen molar-refractivity contribution in [3.63, 3.8) is 0 Å². The van der Waals surface area contributed by atoms with Crippen LogP contribution in [0.3, 0.4) is 0 Å². The molecule has 1 unspecified atom stereocenters. The molecule has 1 saturated heterocycles. The summed E-state index contributed by atoms with van der Waals surface area (Å²) in [4.78, 5) is 54.3. The van der Waals surface area contributed by atoms with Gasteiger partial charge in [0, 0.05) is 41.4 Å². The van der Waals surface area contributed by atoms with Crippen LogP contribution < -0.4 is 5.32 Å². The molecular weight excluding hydrogens is 546 g/mol. The number of hydrogen-bond donors (Lipinski definition) is 3. The SMILES string of the molecule is CC(C)[C@@H](NC(=O)[C@@H]1CCC(CC=O)(N(C(=O)O)C(C)(C)C)C1)C(=O)N1CC[C@](O)(c2ccc(Cl)cc2)C(C)(C)C1. The van der Waals surface area contributed by atoms with E-state index in [0.29, 0.717) is 37.4 Å². The highest BCUT2D eigenvalue weighted by atomic mass is 35.5. The third-order valence-corrected chi connectivity index (χ3v) is 9.32. The van der Waals surface area contributed by atoms with Crippen molar-refractivity contribution >= 4 is 35.8 Å². The molecule has 1 heterocycles. The molecule has 10 heteroatoms. The van der Waals surface area contributed by atoms with E-state index >= 15 is 0 Å². The molecule has 1 saturated carbocycles. The Balaban J connectivity index is 1.76. The Morgan fingerprint density at radius 2 is 1.78 bits per heavy atom. The first kappa shape index (κ1) is 32.9. The molecule has 1 aliphatic carbocycles. The van der Waals surface area contributed by atoms with E-state index in [-0.39, 0.29) is 30.6 Å². The van der Waals surface area contributed by atoms with Gasteiger partial charge in [-0.1, -0.05) is 51.4 Å². The van der Waals surface area contributed by atoms with E-state index in [9.17, 15) is 29.4 Å². The Labute approximate surface area is 248 Å². The van der Waals surface area contributed by atoms with Gasteiger partial charge in [0.05, 0.1) is 11.1 Å². The number of nitrogens with one attached hydrogen (secondary N) is 1. The molecule has 0 aromatic heterocycles. The number of aldehydes is 1. The molecule has 2 aliphatic rings. The van der Waals surface area contributed by atoms with Crippen molar-refractivity contribution in [2.45, 2.75) is 103 Å². The summed E-state index contributed by atoms with van der Waals surface area (Å²) in [5, 5.41) is 25.3. The fraction of sp³-hybridized carbons (Fsp3) is 0.677. The summed E-state index contributed by atoms with van der Waals surface area (Å²) in [6, 6.07) is 6.35. The highest BCUT2D eigenvalue weighted by Gasteiger charge is 2.53. The predicted octanol–water partition coefficient (Wildman–Crippen LogP) is 4.83. The number of carbonyl (C=O) groups is 4. The van der Waals surface area contributed by atoms with Crippen LogP contribution in [0.1, 0.15) is 86.1 Å². The van der Waals surface area contributed by atoms with E-state index in [2.05, 4.69) is 5.32 Å². The van der Waals surface area contributed by atoms with Crippen LogP contribution in [0, 0.1) is 17.3 Å². The largest absolute Gasteiger partial charge is 0.465 e. The van der Waals surface area contributed by atoms with Crippen molar-refractivity contribution in [3.05, 3.63) is 34.9 Å². The molecule has 3 N–H and O–H groups in total. The number of carbonyl (C=O) groups excluding carboxylic acids is 3. The number of rotatable bonds is 8. The van der Waals surface area contributed by atoms with Crippen LogP contribution in [-0.4, -0.2) is 74.4 Å². The van der Waals surface area contributed by atoms with Crippen molar-refractivity contribution < 1.29 is 29.4 Å². The Kier molecular flexibility index (Phi) is 9.55. The summed E-state index contributed by atoms with van der Waals surface area (Å²) in [5.74, 6) is -1.24. The Morgan fingerprint density at radius 1 is 1.17 bits per heavy atom. The number of carboxylic acid groups (broad SMARTS) is 1. The maximum Gasteiger partial charge on any atom is 0.408 e. The minimum Gasteiger partial charge on any atom is -0.465 e. The van der Waals surface area contributed by atoms with Crippen molar-refractivity contribution in [2.75, 3.05) is 13.1 Å². The number of likely N-dealkylation sites (tertiary alicyclic amines) is 1. The normalized spacial score (nSPS) is 26.9. The molecule has 3 amide bonds. The molecule has 0 bridgehead atoms. The number of amides is 3. The zero-order valence-corrected chi connectivity index (χ0v) is 26.1. The summed E-state index contributed by atoms with van der Waals surface area (Å²) in [5.41, 5.74) is -2.81. The molecule has 0 radical (unpaired) electrons. The van der Waals surface area contributed by atoms with Crippen LogP contribution in [0.5, 0.6) is 0 Å². The molecule has 0 spiro atoms. The quantitative estimate of drug-likeness (QED) is 0.372. The number of halogens is 1. The standard InChI is InChI=1S/C31H46ClN3O6/c1-20(2)24(26(38)34-16-14-31(41,29(6,7)19-34)22-8-10-23(32)11-9-22)33-25(37)21-12-13-30(18-21,15-17-36)35(27(39)40)28(3,4)5/h8-11,17,20-21,24,41H,12-16,18-19H2,1-7H3,(H,33,37)(H,39,40)/t21-,24-,30?,31+/m1/s1. The summed E-state index contributed by atoms with van der Waals surface area (Å²) < 4.78 is 0. The highest BCUT2D eigenvalue weighted by Crippen LogP contribution is 2.47. The van der Waals surface area contributed by atoms with Crippen LogP contribution in [0.4, 0.5) is 4.79 Å². The maximum atomic E-state index is 13.8. The number of nitrogens with zero attached hydrogens (tertiary/aromatic N) is 2. The second-order valence-corrected chi connectivity index (χ2v) is 14.3. The fourth-order valence-electron chi connectivity index (χ4n) is 6.92. The molecule has 4 atom stereocenters. The van der Waals surface area contributed by atoms with Gasteiger partial charge in [-0.25, -0.2) is 4.79 Å². The molecule has 9 nitrogen and oxygen atoms in total. The molecule has 228 valence electrons. The molecule has 41 heavy (non-hydrogen) atoms. The monoisotopic (exact) mass is 591 g/mol. The number of hydrogen-bond acceptors (Lipinski definition) is 5. The minimum absolute atomic E-state index is 0.00623.